The molecule has 0 spiro atoms. The summed E-state index contributed by atoms with van der Waals surface area (Å²) in [5.74, 6) is 1.39. The Kier molecular flexibility index (Phi) is 5.48. The van der Waals surface area contributed by atoms with Crippen molar-refractivity contribution in [2.45, 2.75) is 37.0 Å². The molecule has 25 heavy (non-hydrogen) atoms. The number of benzene rings is 1. The first kappa shape index (κ1) is 18.0. The highest BCUT2D eigenvalue weighted by molar-refractivity contribution is 9.10. The Morgan fingerprint density at radius 3 is 2.64 bits per heavy atom. The molecule has 2 heterocycles. The number of aryl methyl sites for hydroxylation is 2. The molecule has 1 N–H and O–H groups in total. The van der Waals surface area contributed by atoms with Crippen LogP contribution in [-0.2, 0) is 19.3 Å². The van der Waals surface area contributed by atoms with Gasteiger partial charge in [0.2, 0.25) is 0 Å². The first-order valence-electron chi connectivity index (χ1n) is 8.08. The summed E-state index contributed by atoms with van der Waals surface area (Å²) in [6.07, 6.45) is 1.83. The molecule has 3 rings (SSSR count). The lowest BCUT2D eigenvalue weighted by Crippen LogP contribution is -2.31. The maximum atomic E-state index is 12.2. The second-order valence-electron chi connectivity index (χ2n) is 5.77. The van der Waals surface area contributed by atoms with Crippen LogP contribution in [0, 0.1) is 0 Å². The Balaban J connectivity index is 1.97. The number of hydrogen-bond donors (Lipinski definition) is 1. The first-order chi connectivity index (χ1) is 12.0. The number of nitrogens with one attached hydrogen (secondary N) is 1. The number of halogens is 1. The van der Waals surface area contributed by atoms with Crippen LogP contribution in [0.2, 0.25) is 0 Å². The first-order valence-corrected chi connectivity index (χ1v) is 9.86. The Bertz CT molecular complexity index is 1000. The number of hydrogen-bond acceptors (Lipinski definition) is 4. The van der Waals surface area contributed by atoms with Crippen LogP contribution >= 0.6 is 27.7 Å². The Morgan fingerprint density at radius 1 is 1.24 bits per heavy atom. The second kappa shape index (κ2) is 7.61. The van der Waals surface area contributed by atoms with E-state index in [0.717, 1.165) is 28.0 Å². The van der Waals surface area contributed by atoms with Gasteiger partial charge in [-0.05, 0) is 30.7 Å². The van der Waals surface area contributed by atoms with Crippen molar-refractivity contribution in [1.29, 1.82) is 0 Å². The van der Waals surface area contributed by atoms with Crippen LogP contribution in [-0.4, -0.2) is 19.1 Å². The van der Waals surface area contributed by atoms with Crippen molar-refractivity contribution in [2.75, 3.05) is 0 Å². The van der Waals surface area contributed by atoms with Crippen molar-refractivity contribution in [1.82, 2.24) is 19.1 Å². The zero-order valence-corrected chi connectivity index (χ0v) is 16.5. The van der Waals surface area contributed by atoms with E-state index in [2.05, 4.69) is 32.8 Å². The maximum Gasteiger partial charge on any atom is 0.330 e. The number of rotatable bonds is 6. The quantitative estimate of drug-likeness (QED) is 0.618. The molecule has 0 saturated carbocycles. The molecule has 0 fully saturated rings. The van der Waals surface area contributed by atoms with Crippen LogP contribution in [0.25, 0.3) is 11.2 Å². The molecular formula is C17H19BrN4O2S. The molecule has 1 aromatic carbocycles. The molecule has 2 aromatic heterocycles. The standard InChI is InChI=1S/C17H19BrN4O2S/c1-3-4-9-22-15-14(16(23)20-17(22)24)21(2)13(19-15)10-25-12-7-5-11(18)6-8-12/h5-8H,3-4,9-10H2,1-2H3,(H,20,23,24). The van der Waals surface area contributed by atoms with Gasteiger partial charge in [0.1, 0.15) is 5.82 Å². The smallest absolute Gasteiger partial charge is 0.325 e. The van der Waals surface area contributed by atoms with Gasteiger partial charge in [0.15, 0.2) is 11.2 Å². The summed E-state index contributed by atoms with van der Waals surface area (Å²) in [6.45, 7) is 2.62. The van der Waals surface area contributed by atoms with E-state index in [1.807, 2.05) is 31.3 Å². The molecule has 0 bridgehead atoms. The Morgan fingerprint density at radius 2 is 1.96 bits per heavy atom. The number of unbranched alkanes of at least 4 members (excludes halogenated alkanes) is 1. The lowest BCUT2D eigenvalue weighted by Gasteiger charge is -2.04. The van der Waals surface area contributed by atoms with Crippen LogP contribution < -0.4 is 11.2 Å². The van der Waals surface area contributed by atoms with Gasteiger partial charge < -0.3 is 4.57 Å². The van der Waals surface area contributed by atoms with Crippen molar-refractivity contribution < 1.29 is 0 Å². The van der Waals surface area contributed by atoms with E-state index in [9.17, 15) is 9.59 Å². The molecule has 0 saturated heterocycles. The molecule has 0 radical (unpaired) electrons. The molecule has 0 aliphatic heterocycles. The van der Waals surface area contributed by atoms with Crippen LogP contribution in [0.5, 0.6) is 0 Å². The molecule has 0 aliphatic rings. The summed E-state index contributed by atoms with van der Waals surface area (Å²) in [4.78, 5) is 32.5. The summed E-state index contributed by atoms with van der Waals surface area (Å²) >= 11 is 5.06. The number of nitrogens with zero attached hydrogens (tertiary/aromatic N) is 3. The minimum Gasteiger partial charge on any atom is -0.325 e. The number of fused-ring (bicyclic) bond motifs is 1. The van der Waals surface area contributed by atoms with E-state index in [1.54, 1.807) is 20.9 Å². The third-order valence-electron chi connectivity index (χ3n) is 4.02. The molecule has 6 nitrogen and oxygen atoms in total. The van der Waals surface area contributed by atoms with E-state index in [-0.39, 0.29) is 5.56 Å². The lowest BCUT2D eigenvalue weighted by molar-refractivity contribution is 0.613. The Labute approximate surface area is 157 Å². The van der Waals surface area contributed by atoms with Gasteiger partial charge in [0.25, 0.3) is 5.56 Å². The summed E-state index contributed by atoms with van der Waals surface area (Å²) < 4.78 is 4.38. The number of aromatic amines is 1. The van der Waals surface area contributed by atoms with Gasteiger partial charge in [-0.15, -0.1) is 11.8 Å². The SMILES string of the molecule is CCCCn1c(=O)[nH]c(=O)c2c1nc(CSc1ccc(Br)cc1)n2C. The normalized spacial score (nSPS) is 11.3. The topological polar surface area (TPSA) is 72.7 Å². The lowest BCUT2D eigenvalue weighted by atomic mass is 10.3. The predicted octanol–water partition coefficient (Wildman–Crippen LogP) is 3.28. The average Bonchev–Trinajstić information content (AvgIpc) is 2.91. The minimum absolute atomic E-state index is 0.386. The Hall–Kier alpha value is -1.80. The van der Waals surface area contributed by atoms with Gasteiger partial charge in [-0.1, -0.05) is 29.3 Å². The monoisotopic (exact) mass is 422 g/mol. The second-order valence-corrected chi connectivity index (χ2v) is 7.73. The highest BCUT2D eigenvalue weighted by Gasteiger charge is 2.16. The van der Waals surface area contributed by atoms with Crippen molar-refractivity contribution >= 4 is 38.9 Å². The summed E-state index contributed by atoms with van der Waals surface area (Å²) in [5.41, 5.74) is 0.136. The average molecular weight is 423 g/mol. The molecule has 3 aromatic rings. The molecule has 0 unspecified atom stereocenters. The van der Waals surface area contributed by atoms with Gasteiger partial charge in [-0.25, -0.2) is 9.78 Å². The highest BCUT2D eigenvalue weighted by Crippen LogP contribution is 2.24. The van der Waals surface area contributed by atoms with E-state index in [0.29, 0.717) is 23.5 Å². The zero-order valence-electron chi connectivity index (χ0n) is 14.1. The summed E-state index contributed by atoms with van der Waals surface area (Å²) in [6, 6.07) is 8.04. The number of imidazole rings is 1. The van der Waals surface area contributed by atoms with Gasteiger partial charge in [0.05, 0.1) is 5.75 Å². The van der Waals surface area contributed by atoms with E-state index in [1.165, 1.54) is 0 Å². The van der Waals surface area contributed by atoms with E-state index in [4.69, 9.17) is 0 Å². The fourth-order valence-electron chi connectivity index (χ4n) is 2.62. The number of H-pyrrole nitrogens is 1. The largest absolute Gasteiger partial charge is 0.330 e. The van der Waals surface area contributed by atoms with Crippen molar-refractivity contribution in [2.24, 2.45) is 7.05 Å². The molecule has 132 valence electrons. The van der Waals surface area contributed by atoms with Gasteiger partial charge in [-0.2, -0.15) is 0 Å². The summed E-state index contributed by atoms with van der Waals surface area (Å²) in [5, 5.41) is 0. The third kappa shape index (κ3) is 3.74. The van der Waals surface area contributed by atoms with Gasteiger partial charge in [0, 0.05) is 23.0 Å². The molecule has 0 atom stereocenters. The fraction of sp³-hybridized carbons (Fsp3) is 0.353. The minimum atomic E-state index is -0.392. The molecular weight excluding hydrogens is 404 g/mol. The van der Waals surface area contributed by atoms with Gasteiger partial charge in [-0.3, -0.25) is 14.3 Å². The summed E-state index contributed by atoms with van der Waals surface area (Å²) in [7, 11) is 1.82. The van der Waals surface area contributed by atoms with Crippen LogP contribution in [0.3, 0.4) is 0 Å². The van der Waals surface area contributed by atoms with Crippen LogP contribution in [0.4, 0.5) is 0 Å². The van der Waals surface area contributed by atoms with Crippen LogP contribution in [0.1, 0.15) is 25.6 Å². The zero-order chi connectivity index (χ0) is 18.0. The highest BCUT2D eigenvalue weighted by atomic mass is 79.9. The predicted molar refractivity (Wildman–Crippen MR) is 104 cm³/mol. The number of aromatic nitrogens is 4. The third-order valence-corrected chi connectivity index (χ3v) is 5.56. The molecule has 8 heteroatoms. The van der Waals surface area contributed by atoms with Gasteiger partial charge >= 0.3 is 5.69 Å². The molecule has 0 aliphatic carbocycles. The van der Waals surface area contributed by atoms with Crippen LogP contribution in [0.15, 0.2) is 43.2 Å². The maximum absolute atomic E-state index is 12.2. The van der Waals surface area contributed by atoms with Crippen molar-refractivity contribution in [3.05, 3.63) is 55.4 Å². The fourth-order valence-corrected chi connectivity index (χ4v) is 3.77. The van der Waals surface area contributed by atoms with Crippen molar-refractivity contribution in [3.8, 4) is 0 Å². The molecule has 0 amide bonds. The number of thioether (sulfide) groups is 1. The van der Waals surface area contributed by atoms with Crippen molar-refractivity contribution in [3.63, 3.8) is 0 Å². The van der Waals surface area contributed by atoms with E-state index >= 15 is 0 Å². The van der Waals surface area contributed by atoms with E-state index < -0.39 is 5.69 Å².